The molecule has 0 heterocycles. The van der Waals surface area contributed by atoms with Crippen molar-refractivity contribution in [1.82, 2.24) is 0 Å². The molecule has 0 fully saturated rings. The molecule has 0 nitrogen and oxygen atoms in total. The summed E-state index contributed by atoms with van der Waals surface area (Å²) in [4.78, 5) is 0. The molecule has 0 saturated heterocycles. The summed E-state index contributed by atoms with van der Waals surface area (Å²) < 4.78 is 0. The van der Waals surface area contributed by atoms with Gasteiger partial charge in [-0.2, -0.15) is 0 Å². The summed E-state index contributed by atoms with van der Waals surface area (Å²) in [6.45, 7) is 0. The first-order valence-corrected chi connectivity index (χ1v) is 0. The molecule has 0 atom stereocenters. The molecule has 0 aromatic carbocycles. The molecule has 0 unspecified atom stereocenters. The molecule has 0 aliphatic heterocycles. The van der Waals surface area contributed by atoms with Gasteiger partial charge < -0.3 is 0 Å². The Morgan fingerprint density at radius 1 is 1.00 bits per heavy atom. The molecular weight excluding hydrogens is 124 g/mol. The maximum Gasteiger partial charge on any atom is -0.0149 e. The van der Waals surface area contributed by atoms with Crippen molar-refractivity contribution in [3.8, 4) is 0 Å². The van der Waals surface area contributed by atoms with E-state index in [0.29, 0.717) is 0 Å². The van der Waals surface area contributed by atoms with Crippen LogP contribution in [0.25, 0.3) is 0 Å². The molecule has 0 aromatic heterocycles. The van der Waals surface area contributed by atoms with Crippen molar-refractivity contribution in [1.29, 1.82) is 0 Å². The molecule has 3 heteroatoms. The van der Waals surface area contributed by atoms with Crippen LogP contribution >= 0.6 is 0 Å². The Labute approximate surface area is 44.9 Å². The van der Waals surface area contributed by atoms with Crippen molar-refractivity contribution >= 4 is 37.0 Å². The first-order chi connectivity index (χ1) is 0. The summed E-state index contributed by atoms with van der Waals surface area (Å²) in [5, 5.41) is 0. The van der Waals surface area contributed by atoms with Crippen molar-refractivity contribution in [2.75, 3.05) is 0 Å². The Bertz CT molecular complexity index is 8.00. The average molecular weight is 139 g/mol. The largest absolute Gasteiger partial charge is 0.0149 e. The summed E-state index contributed by atoms with van der Waals surface area (Å²) in [7, 11) is 0. The van der Waals surface area contributed by atoms with Crippen LogP contribution in [-0.2, 0) is 0 Å². The van der Waals surface area contributed by atoms with Gasteiger partial charge >= 0.3 is 17.6 Å². The third-order valence-corrected chi connectivity index (χ3v) is 0. The minimum absolute atomic E-state index is 0. The summed E-state index contributed by atoms with van der Waals surface area (Å²) in [6.07, 6.45) is 0. The van der Waals surface area contributed by atoms with E-state index in [4.69, 9.17) is 0 Å². The van der Waals surface area contributed by atoms with Crippen LogP contribution in [0.15, 0.2) is 0 Å². The van der Waals surface area contributed by atoms with Crippen LogP contribution in [0.2, 0.25) is 0 Å². The van der Waals surface area contributed by atoms with E-state index in [2.05, 4.69) is 0 Å². The Hall–Kier alpha value is 0.825. The maximum atomic E-state index is 0. The van der Waals surface area contributed by atoms with E-state index in [1.54, 1.807) is 0 Å². The molecular formula is CH15BGeSi. The fourth-order valence-corrected chi connectivity index (χ4v) is 0. The molecule has 0 bridgehead atoms. The van der Waals surface area contributed by atoms with Crippen LogP contribution in [0.3, 0.4) is 0 Å². The van der Waals surface area contributed by atoms with Crippen molar-refractivity contribution in [2.24, 2.45) is 0 Å². The second-order valence-electron chi connectivity index (χ2n) is 0. The second-order valence-corrected chi connectivity index (χ2v) is 0. The molecule has 0 N–H and O–H groups in total. The van der Waals surface area contributed by atoms with Crippen LogP contribution < -0.4 is 0 Å². The maximum absolute atomic E-state index is 0. The second kappa shape index (κ2) is 44.9. The Balaban J connectivity index is 0. The minimum atomic E-state index is 0. The van der Waals surface area contributed by atoms with Gasteiger partial charge in [0.2, 0.25) is 0 Å². The molecule has 0 aromatic rings. The molecule has 4 heavy (non-hydrogen) atoms. The Morgan fingerprint density at radius 3 is 1.00 bits per heavy atom. The molecule has 0 saturated carbocycles. The van der Waals surface area contributed by atoms with Gasteiger partial charge in [0, 0.05) is 0 Å². The fourth-order valence-electron chi connectivity index (χ4n) is 0. The number of rotatable bonds is 0. The van der Waals surface area contributed by atoms with Gasteiger partial charge in [0.05, 0.1) is 8.41 Å². The van der Waals surface area contributed by atoms with Gasteiger partial charge in [0.1, 0.15) is 0 Å². The van der Waals surface area contributed by atoms with Gasteiger partial charge in [-0.15, -0.1) is 0 Å². The van der Waals surface area contributed by atoms with Gasteiger partial charge in [-0.25, -0.2) is 0 Å². The molecule has 0 aliphatic carbocycles. The molecule has 0 radical (unpaired) electrons. The quantitative estimate of drug-likeness (QED) is 0.306. The fraction of sp³-hybridized carbons (Fsp3) is 1.00. The van der Waals surface area contributed by atoms with Crippen molar-refractivity contribution < 1.29 is 0 Å². The van der Waals surface area contributed by atoms with Crippen molar-refractivity contribution in [3.05, 3.63) is 0 Å². The van der Waals surface area contributed by atoms with Gasteiger partial charge in [-0.1, -0.05) is 7.43 Å². The zero-order valence-corrected chi connectivity index (χ0v) is 0. The van der Waals surface area contributed by atoms with E-state index < -0.39 is 0 Å². The van der Waals surface area contributed by atoms with Crippen LogP contribution in [0.4, 0.5) is 0 Å². The van der Waals surface area contributed by atoms with Gasteiger partial charge in [0.15, 0.2) is 0 Å². The van der Waals surface area contributed by atoms with E-state index in [0.717, 1.165) is 0 Å². The third-order valence-electron chi connectivity index (χ3n) is 0. The summed E-state index contributed by atoms with van der Waals surface area (Å²) in [6, 6.07) is 0. The average Bonchev–Trinajstić information content (AvgIpc) is 0. The monoisotopic (exact) mass is 140 g/mol. The number of hydrogen-bond acceptors (Lipinski definition) is 0. The summed E-state index contributed by atoms with van der Waals surface area (Å²) in [5.74, 6) is 0. The summed E-state index contributed by atoms with van der Waals surface area (Å²) in [5.41, 5.74) is 0. The normalized spacial score (nSPS) is 0. The van der Waals surface area contributed by atoms with Crippen molar-refractivity contribution in [2.45, 2.75) is 7.43 Å². The van der Waals surface area contributed by atoms with Crippen LogP contribution in [0.5, 0.6) is 0 Å². The van der Waals surface area contributed by atoms with Gasteiger partial charge in [-0.05, 0) is 11.0 Å². The molecule has 0 aliphatic rings. The SMILES string of the molecule is B.C.[GeH4].[SiH4]. The predicted molar refractivity (Wildman–Crippen MR) is 39.3 cm³/mol. The Morgan fingerprint density at radius 2 is 1.00 bits per heavy atom. The third kappa shape index (κ3) is 13.8. The van der Waals surface area contributed by atoms with Crippen LogP contribution in [0.1, 0.15) is 7.43 Å². The first kappa shape index (κ1) is 104. The summed E-state index contributed by atoms with van der Waals surface area (Å²) >= 11 is 0. The first-order valence-electron chi connectivity index (χ1n) is 0. The van der Waals surface area contributed by atoms with Gasteiger partial charge in [0.25, 0.3) is 0 Å². The molecule has 0 spiro atoms. The minimum Gasteiger partial charge on any atom is -0.0149 e. The van der Waals surface area contributed by atoms with E-state index in [1.165, 1.54) is 0 Å². The van der Waals surface area contributed by atoms with E-state index >= 15 is 0 Å². The predicted octanol–water partition coefficient (Wildman–Crippen LogP) is -3.45. The smallest absolute Gasteiger partial charge is 0.0149 e. The molecule has 30 valence electrons. The topological polar surface area (TPSA) is 0 Å². The Kier molecular flexibility index (Phi) is 1160. The van der Waals surface area contributed by atoms with E-state index in [9.17, 15) is 0 Å². The molecule has 0 amide bonds. The van der Waals surface area contributed by atoms with Crippen LogP contribution in [0, 0.1) is 0 Å². The van der Waals surface area contributed by atoms with Crippen LogP contribution in [-0.4, -0.2) is 37.0 Å². The number of hydrogen-bond donors (Lipinski definition) is 0. The zero-order chi connectivity index (χ0) is 0. The standard InChI is InChI=1S/CH4.BH3.GeH4.H4Si/h1H4;1H3;2*1H4. The zero-order valence-electron chi connectivity index (χ0n) is 0. The van der Waals surface area contributed by atoms with E-state index in [-0.39, 0.29) is 44.4 Å². The molecule has 0 rings (SSSR count). The van der Waals surface area contributed by atoms with E-state index in [1.807, 2.05) is 0 Å². The van der Waals surface area contributed by atoms with Crippen molar-refractivity contribution in [3.63, 3.8) is 0 Å². The van der Waals surface area contributed by atoms with Gasteiger partial charge in [-0.3, -0.25) is 0 Å².